The molecule has 0 radical (unpaired) electrons. The second-order valence-corrected chi connectivity index (χ2v) is 4.25. The van der Waals surface area contributed by atoms with E-state index < -0.39 is 0 Å². The van der Waals surface area contributed by atoms with Crippen LogP contribution in [0, 0.1) is 0 Å². The summed E-state index contributed by atoms with van der Waals surface area (Å²) >= 11 is 0. The van der Waals surface area contributed by atoms with Gasteiger partial charge in [-0.2, -0.15) is 0 Å². The SMILES string of the molecule is CCN(CCc1ccncc1)C(=O)C=C(C)C. The minimum atomic E-state index is 0.0987. The van der Waals surface area contributed by atoms with Crippen molar-refractivity contribution in [3.63, 3.8) is 0 Å². The molecule has 0 aliphatic carbocycles. The lowest BCUT2D eigenvalue weighted by atomic mass is 10.2. The first-order valence-electron chi connectivity index (χ1n) is 5.96. The second-order valence-electron chi connectivity index (χ2n) is 4.25. The zero-order chi connectivity index (χ0) is 12.7. The fraction of sp³-hybridized carbons (Fsp3) is 0.429. The van der Waals surface area contributed by atoms with Crippen LogP contribution in [-0.2, 0) is 11.2 Å². The van der Waals surface area contributed by atoms with Crippen LogP contribution >= 0.6 is 0 Å². The number of nitrogens with zero attached hydrogens (tertiary/aromatic N) is 2. The quantitative estimate of drug-likeness (QED) is 0.730. The van der Waals surface area contributed by atoms with Crippen LogP contribution in [0.15, 0.2) is 36.2 Å². The number of hydrogen-bond acceptors (Lipinski definition) is 2. The highest BCUT2D eigenvalue weighted by atomic mass is 16.2. The van der Waals surface area contributed by atoms with Gasteiger partial charge >= 0.3 is 0 Å². The number of allylic oxidation sites excluding steroid dienone is 1. The minimum Gasteiger partial charge on any atom is -0.339 e. The van der Waals surface area contributed by atoms with Crippen molar-refractivity contribution >= 4 is 5.91 Å². The van der Waals surface area contributed by atoms with Gasteiger partial charge in [-0.1, -0.05) is 5.57 Å². The van der Waals surface area contributed by atoms with Crippen molar-refractivity contribution in [1.82, 2.24) is 9.88 Å². The van der Waals surface area contributed by atoms with Crippen molar-refractivity contribution < 1.29 is 4.79 Å². The monoisotopic (exact) mass is 232 g/mol. The first-order valence-corrected chi connectivity index (χ1v) is 5.96. The van der Waals surface area contributed by atoms with Crippen molar-refractivity contribution in [1.29, 1.82) is 0 Å². The third-order valence-electron chi connectivity index (χ3n) is 2.53. The van der Waals surface area contributed by atoms with E-state index in [1.54, 1.807) is 18.5 Å². The van der Waals surface area contributed by atoms with E-state index in [-0.39, 0.29) is 5.91 Å². The van der Waals surface area contributed by atoms with Gasteiger partial charge in [0.05, 0.1) is 0 Å². The van der Waals surface area contributed by atoms with Crippen LogP contribution in [0.1, 0.15) is 26.3 Å². The molecule has 0 aliphatic rings. The van der Waals surface area contributed by atoms with E-state index in [0.717, 1.165) is 25.1 Å². The maximum absolute atomic E-state index is 11.8. The van der Waals surface area contributed by atoms with Crippen molar-refractivity contribution in [2.75, 3.05) is 13.1 Å². The minimum absolute atomic E-state index is 0.0987. The molecule has 0 spiro atoms. The smallest absolute Gasteiger partial charge is 0.246 e. The van der Waals surface area contributed by atoms with E-state index in [0.29, 0.717) is 0 Å². The van der Waals surface area contributed by atoms with Gasteiger partial charge in [0, 0.05) is 31.6 Å². The highest BCUT2D eigenvalue weighted by molar-refractivity contribution is 5.88. The Balaban J connectivity index is 2.54. The molecule has 0 aromatic carbocycles. The molecular weight excluding hydrogens is 212 g/mol. The van der Waals surface area contributed by atoms with E-state index >= 15 is 0 Å². The van der Waals surface area contributed by atoms with Gasteiger partial charge in [0.25, 0.3) is 0 Å². The van der Waals surface area contributed by atoms with Gasteiger partial charge in [-0.15, -0.1) is 0 Å². The first kappa shape index (κ1) is 13.4. The lowest BCUT2D eigenvalue weighted by Crippen LogP contribution is -2.31. The zero-order valence-corrected chi connectivity index (χ0v) is 10.8. The molecular formula is C14H20N2O. The van der Waals surface area contributed by atoms with Crippen LogP contribution < -0.4 is 0 Å². The molecule has 1 aromatic heterocycles. The Labute approximate surface area is 103 Å². The molecule has 1 heterocycles. The van der Waals surface area contributed by atoms with Gasteiger partial charge in [-0.25, -0.2) is 0 Å². The molecule has 17 heavy (non-hydrogen) atoms. The molecule has 1 amide bonds. The molecule has 0 saturated carbocycles. The number of amides is 1. The Kier molecular flexibility index (Phi) is 5.40. The standard InChI is InChI=1S/C14H20N2O/c1-4-16(14(17)11-12(2)3)10-7-13-5-8-15-9-6-13/h5-6,8-9,11H,4,7,10H2,1-3H3. The molecule has 0 N–H and O–H groups in total. The van der Waals surface area contributed by atoms with Gasteiger partial charge in [0.15, 0.2) is 0 Å². The Morgan fingerprint density at radius 2 is 2.00 bits per heavy atom. The Morgan fingerprint density at radius 3 is 2.53 bits per heavy atom. The lowest BCUT2D eigenvalue weighted by molar-refractivity contribution is -0.125. The van der Waals surface area contributed by atoms with Gasteiger partial charge in [-0.3, -0.25) is 9.78 Å². The molecule has 0 aliphatic heterocycles. The van der Waals surface area contributed by atoms with Crippen LogP contribution in [0.5, 0.6) is 0 Å². The number of aromatic nitrogens is 1. The highest BCUT2D eigenvalue weighted by Crippen LogP contribution is 2.02. The molecule has 0 bridgehead atoms. The maximum atomic E-state index is 11.8. The van der Waals surface area contributed by atoms with Crippen LogP contribution in [0.3, 0.4) is 0 Å². The van der Waals surface area contributed by atoms with Crippen molar-refractivity contribution in [2.24, 2.45) is 0 Å². The van der Waals surface area contributed by atoms with E-state index in [1.165, 1.54) is 5.56 Å². The summed E-state index contributed by atoms with van der Waals surface area (Å²) in [5, 5.41) is 0. The molecule has 0 atom stereocenters. The van der Waals surface area contributed by atoms with Gasteiger partial charge in [0.2, 0.25) is 5.91 Å². The number of hydrogen-bond donors (Lipinski definition) is 0. The van der Waals surface area contributed by atoms with Crippen molar-refractivity contribution in [3.8, 4) is 0 Å². The lowest BCUT2D eigenvalue weighted by Gasteiger charge is -2.19. The Bertz CT molecular complexity index is 380. The second kappa shape index (κ2) is 6.84. The number of pyridine rings is 1. The predicted molar refractivity (Wildman–Crippen MR) is 69.6 cm³/mol. The summed E-state index contributed by atoms with van der Waals surface area (Å²) in [6, 6.07) is 3.97. The number of rotatable bonds is 5. The molecule has 3 nitrogen and oxygen atoms in total. The summed E-state index contributed by atoms with van der Waals surface area (Å²) in [6.07, 6.45) is 6.13. The van der Waals surface area contributed by atoms with Crippen LogP contribution in [0.4, 0.5) is 0 Å². The summed E-state index contributed by atoms with van der Waals surface area (Å²) in [6.45, 7) is 7.38. The van der Waals surface area contributed by atoms with Gasteiger partial charge in [-0.05, 0) is 44.9 Å². The fourth-order valence-corrected chi connectivity index (χ4v) is 1.58. The molecule has 0 unspecified atom stereocenters. The number of carbonyl (C=O) groups excluding carboxylic acids is 1. The van der Waals surface area contributed by atoms with Crippen LogP contribution in [0.25, 0.3) is 0 Å². The fourth-order valence-electron chi connectivity index (χ4n) is 1.58. The Morgan fingerprint density at radius 1 is 1.35 bits per heavy atom. The molecule has 1 rings (SSSR count). The topological polar surface area (TPSA) is 33.2 Å². The predicted octanol–water partition coefficient (Wildman–Crippen LogP) is 2.44. The summed E-state index contributed by atoms with van der Waals surface area (Å²) in [5.74, 6) is 0.0987. The molecule has 92 valence electrons. The Hall–Kier alpha value is -1.64. The average molecular weight is 232 g/mol. The molecule has 0 saturated heterocycles. The van der Waals surface area contributed by atoms with Crippen molar-refractivity contribution in [3.05, 3.63) is 41.7 Å². The largest absolute Gasteiger partial charge is 0.339 e. The van der Waals surface area contributed by atoms with Crippen molar-refractivity contribution in [2.45, 2.75) is 27.2 Å². The van der Waals surface area contributed by atoms with E-state index in [9.17, 15) is 4.79 Å². The maximum Gasteiger partial charge on any atom is 0.246 e. The highest BCUT2D eigenvalue weighted by Gasteiger charge is 2.08. The summed E-state index contributed by atoms with van der Waals surface area (Å²) in [7, 11) is 0. The summed E-state index contributed by atoms with van der Waals surface area (Å²) in [5.41, 5.74) is 2.25. The third kappa shape index (κ3) is 4.81. The molecule has 1 aromatic rings. The van der Waals surface area contributed by atoms with Crippen LogP contribution in [-0.4, -0.2) is 28.9 Å². The number of likely N-dealkylation sites (N-methyl/N-ethyl adjacent to an activating group) is 1. The zero-order valence-electron chi connectivity index (χ0n) is 10.8. The summed E-state index contributed by atoms with van der Waals surface area (Å²) in [4.78, 5) is 17.7. The first-order chi connectivity index (χ1) is 8.13. The number of carbonyl (C=O) groups is 1. The summed E-state index contributed by atoms with van der Waals surface area (Å²) < 4.78 is 0. The van der Waals surface area contributed by atoms with Crippen LogP contribution in [0.2, 0.25) is 0 Å². The van der Waals surface area contributed by atoms with E-state index in [2.05, 4.69) is 4.98 Å². The normalized spacial score (nSPS) is 9.82. The van der Waals surface area contributed by atoms with Gasteiger partial charge < -0.3 is 4.90 Å². The molecule has 0 fully saturated rings. The molecule has 3 heteroatoms. The average Bonchev–Trinajstić information content (AvgIpc) is 2.30. The van der Waals surface area contributed by atoms with E-state index in [4.69, 9.17) is 0 Å². The van der Waals surface area contributed by atoms with E-state index in [1.807, 2.05) is 37.8 Å². The third-order valence-corrected chi connectivity index (χ3v) is 2.53. The van der Waals surface area contributed by atoms with Gasteiger partial charge in [0.1, 0.15) is 0 Å².